The molecule has 1 atom stereocenters. The van der Waals surface area contributed by atoms with E-state index in [2.05, 4.69) is 4.18 Å². The van der Waals surface area contributed by atoms with Crippen molar-refractivity contribution in [2.45, 2.75) is 31.9 Å². The highest BCUT2D eigenvalue weighted by Crippen LogP contribution is 2.25. The topological polar surface area (TPSA) is 43.4 Å². The molecule has 12 heavy (non-hydrogen) atoms. The molecule has 0 rings (SSSR count). The van der Waals surface area contributed by atoms with Crippen LogP contribution < -0.4 is 0 Å². The summed E-state index contributed by atoms with van der Waals surface area (Å²) in [5.74, 6) is 0. The summed E-state index contributed by atoms with van der Waals surface area (Å²) < 4.78 is 59.2. The highest BCUT2D eigenvalue weighted by Gasteiger charge is 2.47. The first kappa shape index (κ1) is 11.7. The molecule has 0 fully saturated rings. The first-order chi connectivity index (χ1) is 5.20. The number of hydrogen-bond acceptors (Lipinski definition) is 3. The Hall–Kier alpha value is -0.300. The Labute approximate surface area is 68.6 Å². The van der Waals surface area contributed by atoms with Crippen LogP contribution in [-0.2, 0) is 14.3 Å². The van der Waals surface area contributed by atoms with Crippen molar-refractivity contribution in [1.82, 2.24) is 0 Å². The van der Waals surface area contributed by atoms with Gasteiger partial charge in [0.2, 0.25) is 0 Å². The molecule has 0 aliphatic heterocycles. The zero-order valence-corrected chi connectivity index (χ0v) is 7.37. The van der Waals surface area contributed by atoms with Crippen LogP contribution in [0.2, 0.25) is 0 Å². The third-order valence-corrected chi connectivity index (χ3v) is 2.30. The molecule has 0 saturated carbocycles. The molecule has 0 spiro atoms. The van der Waals surface area contributed by atoms with Gasteiger partial charge in [0, 0.05) is 0 Å². The third-order valence-electron chi connectivity index (χ3n) is 1.15. The molecule has 0 N–H and O–H groups in total. The van der Waals surface area contributed by atoms with Crippen LogP contribution in [0.5, 0.6) is 0 Å². The van der Waals surface area contributed by atoms with Crippen molar-refractivity contribution in [2.24, 2.45) is 0 Å². The van der Waals surface area contributed by atoms with E-state index in [4.69, 9.17) is 0 Å². The number of halogens is 3. The number of rotatable bonds is 3. The maximum Gasteiger partial charge on any atom is 0.523 e. The molecule has 74 valence electrons. The summed E-state index contributed by atoms with van der Waals surface area (Å²) in [7, 11) is -5.41. The minimum atomic E-state index is -5.41. The van der Waals surface area contributed by atoms with E-state index < -0.39 is 21.7 Å². The Balaban J connectivity index is 4.46. The molecule has 0 aliphatic rings. The van der Waals surface area contributed by atoms with Crippen LogP contribution in [0.4, 0.5) is 13.2 Å². The van der Waals surface area contributed by atoms with Gasteiger partial charge >= 0.3 is 15.6 Å². The van der Waals surface area contributed by atoms with Crippen molar-refractivity contribution < 1.29 is 25.8 Å². The Morgan fingerprint density at radius 1 is 1.42 bits per heavy atom. The van der Waals surface area contributed by atoms with Gasteiger partial charge in [0.25, 0.3) is 0 Å². The molecular formula is C5H9F3O3S. The molecule has 0 aromatic carbocycles. The second-order valence-electron chi connectivity index (χ2n) is 2.21. The zero-order chi connectivity index (χ0) is 9.99. The van der Waals surface area contributed by atoms with Crippen LogP contribution in [0.25, 0.3) is 0 Å². The molecule has 0 aromatic heterocycles. The summed E-state index contributed by atoms with van der Waals surface area (Å²) in [6.45, 7) is 2.78. The fraction of sp³-hybridized carbons (Fsp3) is 1.00. The SMILES string of the molecule is CC[C@@H](C)OS(=O)(=O)C(F)(F)F. The molecule has 0 aliphatic carbocycles. The van der Waals surface area contributed by atoms with Gasteiger partial charge in [0.05, 0.1) is 6.10 Å². The third kappa shape index (κ3) is 2.98. The Morgan fingerprint density at radius 3 is 2.08 bits per heavy atom. The van der Waals surface area contributed by atoms with Crippen molar-refractivity contribution in [3.05, 3.63) is 0 Å². The second kappa shape index (κ2) is 3.61. The average Bonchev–Trinajstić information content (AvgIpc) is 1.84. The Bertz CT molecular complexity index is 231. The van der Waals surface area contributed by atoms with Crippen molar-refractivity contribution in [3.8, 4) is 0 Å². The van der Waals surface area contributed by atoms with Gasteiger partial charge in [-0.3, -0.25) is 4.18 Å². The standard InChI is InChI=1S/C5H9F3O3S/c1-3-4(2)11-12(9,10)5(6,7)8/h4H,3H2,1-2H3/t4-/m1/s1. The monoisotopic (exact) mass is 206 g/mol. The van der Waals surface area contributed by atoms with E-state index in [-0.39, 0.29) is 6.42 Å². The van der Waals surface area contributed by atoms with Crippen molar-refractivity contribution in [2.75, 3.05) is 0 Å². The first-order valence-corrected chi connectivity index (χ1v) is 4.61. The largest absolute Gasteiger partial charge is 0.523 e. The molecule has 7 heteroatoms. The predicted octanol–water partition coefficient (Wildman–Crippen LogP) is 1.65. The maximum absolute atomic E-state index is 11.6. The van der Waals surface area contributed by atoms with E-state index >= 15 is 0 Å². The minimum Gasteiger partial charge on any atom is -0.260 e. The summed E-state index contributed by atoms with van der Waals surface area (Å²) >= 11 is 0. The van der Waals surface area contributed by atoms with Gasteiger partial charge in [0.15, 0.2) is 0 Å². The van der Waals surface area contributed by atoms with Gasteiger partial charge in [-0.05, 0) is 13.3 Å². The summed E-state index contributed by atoms with van der Waals surface area (Å²) in [6, 6.07) is 0. The minimum absolute atomic E-state index is 0.204. The van der Waals surface area contributed by atoms with Gasteiger partial charge in [-0.25, -0.2) is 0 Å². The number of hydrogen-bond donors (Lipinski definition) is 0. The molecule has 0 aromatic rings. The van der Waals surface area contributed by atoms with Crippen LogP contribution in [0.15, 0.2) is 0 Å². The highest BCUT2D eigenvalue weighted by atomic mass is 32.2. The summed E-state index contributed by atoms with van der Waals surface area (Å²) in [5, 5.41) is 0. The summed E-state index contributed by atoms with van der Waals surface area (Å²) in [5.41, 5.74) is -5.32. The molecule has 0 saturated heterocycles. The average molecular weight is 206 g/mol. The lowest BCUT2D eigenvalue weighted by Gasteiger charge is -2.12. The fourth-order valence-electron chi connectivity index (χ4n) is 0.339. The molecular weight excluding hydrogens is 197 g/mol. The van der Waals surface area contributed by atoms with Crippen molar-refractivity contribution in [3.63, 3.8) is 0 Å². The fourth-order valence-corrected chi connectivity index (χ4v) is 1.02. The molecule has 0 radical (unpaired) electrons. The van der Waals surface area contributed by atoms with Crippen molar-refractivity contribution in [1.29, 1.82) is 0 Å². The molecule has 0 unspecified atom stereocenters. The van der Waals surface area contributed by atoms with E-state index in [1.165, 1.54) is 13.8 Å². The van der Waals surface area contributed by atoms with E-state index in [0.717, 1.165) is 0 Å². The lowest BCUT2D eigenvalue weighted by Crippen LogP contribution is -2.28. The quantitative estimate of drug-likeness (QED) is 0.521. The van der Waals surface area contributed by atoms with Gasteiger partial charge < -0.3 is 0 Å². The van der Waals surface area contributed by atoms with Gasteiger partial charge in [0.1, 0.15) is 0 Å². The zero-order valence-electron chi connectivity index (χ0n) is 6.55. The molecule has 0 heterocycles. The Kier molecular flexibility index (Phi) is 3.52. The molecule has 3 nitrogen and oxygen atoms in total. The Morgan fingerprint density at radius 2 is 1.83 bits per heavy atom. The van der Waals surface area contributed by atoms with E-state index in [1.54, 1.807) is 0 Å². The first-order valence-electron chi connectivity index (χ1n) is 3.20. The van der Waals surface area contributed by atoms with E-state index in [0.29, 0.717) is 0 Å². The van der Waals surface area contributed by atoms with Crippen LogP contribution in [-0.4, -0.2) is 20.0 Å². The number of alkyl halides is 3. The maximum atomic E-state index is 11.6. The highest BCUT2D eigenvalue weighted by molar-refractivity contribution is 7.87. The van der Waals surface area contributed by atoms with Crippen LogP contribution >= 0.6 is 0 Å². The van der Waals surface area contributed by atoms with Gasteiger partial charge in [-0.15, -0.1) is 0 Å². The van der Waals surface area contributed by atoms with Crippen LogP contribution in [0.1, 0.15) is 20.3 Å². The van der Waals surface area contributed by atoms with Crippen LogP contribution in [0, 0.1) is 0 Å². The smallest absolute Gasteiger partial charge is 0.260 e. The van der Waals surface area contributed by atoms with Gasteiger partial charge in [-0.2, -0.15) is 21.6 Å². The molecule has 0 amide bonds. The van der Waals surface area contributed by atoms with E-state index in [9.17, 15) is 21.6 Å². The van der Waals surface area contributed by atoms with Crippen LogP contribution in [0.3, 0.4) is 0 Å². The predicted molar refractivity (Wildman–Crippen MR) is 35.8 cm³/mol. The normalized spacial score (nSPS) is 16.1. The lowest BCUT2D eigenvalue weighted by atomic mass is 10.3. The van der Waals surface area contributed by atoms with E-state index in [1.807, 2.05) is 0 Å². The summed E-state index contributed by atoms with van der Waals surface area (Å²) in [4.78, 5) is 0. The lowest BCUT2D eigenvalue weighted by molar-refractivity contribution is -0.0568. The molecule has 0 bridgehead atoms. The second-order valence-corrected chi connectivity index (χ2v) is 3.78. The van der Waals surface area contributed by atoms with Crippen molar-refractivity contribution >= 4 is 10.1 Å². The summed E-state index contributed by atoms with van der Waals surface area (Å²) in [6.07, 6.45) is -0.744. The van der Waals surface area contributed by atoms with Gasteiger partial charge in [-0.1, -0.05) is 6.92 Å².